The number of hydrogen-bond donors (Lipinski definition) is 0. The first-order valence-corrected chi connectivity index (χ1v) is 6.16. The number of carbonyl (C=O) groups excluding carboxylic acids is 1. The molecule has 0 aromatic heterocycles. The van der Waals surface area contributed by atoms with Gasteiger partial charge in [-0.1, -0.05) is 6.07 Å². The first-order valence-electron chi connectivity index (χ1n) is 5.37. The molecule has 2 aromatic carbocycles. The number of benzene rings is 2. The number of ether oxygens (including phenoxy) is 1. The standard InChI is InChI=1S/C14H9BrF2O2/c1-19-8-5-6-9(10(15)7-8)14(18)13-11(16)3-2-4-12(13)17/h2-7H,1H3. The van der Waals surface area contributed by atoms with Crippen LogP contribution in [0.1, 0.15) is 15.9 Å². The molecular formula is C14H9BrF2O2. The zero-order valence-electron chi connectivity index (χ0n) is 9.91. The van der Waals surface area contributed by atoms with Crippen LogP contribution in [0.25, 0.3) is 0 Å². The van der Waals surface area contributed by atoms with Crippen LogP contribution in [0.5, 0.6) is 5.75 Å². The van der Waals surface area contributed by atoms with Crippen LogP contribution in [0.4, 0.5) is 8.78 Å². The van der Waals surface area contributed by atoms with E-state index in [0.29, 0.717) is 10.2 Å². The number of hydrogen-bond acceptors (Lipinski definition) is 2. The van der Waals surface area contributed by atoms with Crippen molar-refractivity contribution in [2.75, 3.05) is 7.11 Å². The van der Waals surface area contributed by atoms with Crippen molar-refractivity contribution >= 4 is 21.7 Å². The second-order valence-electron chi connectivity index (χ2n) is 3.77. The van der Waals surface area contributed by atoms with E-state index in [9.17, 15) is 13.6 Å². The van der Waals surface area contributed by atoms with E-state index in [1.54, 1.807) is 12.1 Å². The first kappa shape index (κ1) is 13.7. The lowest BCUT2D eigenvalue weighted by Gasteiger charge is -2.07. The molecule has 5 heteroatoms. The molecule has 0 aliphatic rings. The molecule has 0 aliphatic heterocycles. The summed E-state index contributed by atoms with van der Waals surface area (Å²) in [4.78, 5) is 12.2. The van der Waals surface area contributed by atoms with Crippen molar-refractivity contribution in [1.29, 1.82) is 0 Å². The molecule has 0 fully saturated rings. The molecule has 0 bridgehead atoms. The normalized spacial score (nSPS) is 10.3. The van der Waals surface area contributed by atoms with Gasteiger partial charge in [0.25, 0.3) is 0 Å². The molecule has 98 valence electrons. The predicted octanol–water partition coefficient (Wildman–Crippen LogP) is 3.97. The third kappa shape index (κ3) is 2.66. The molecule has 0 unspecified atom stereocenters. The van der Waals surface area contributed by atoms with Crippen LogP contribution in [-0.4, -0.2) is 12.9 Å². The molecular weight excluding hydrogens is 318 g/mol. The summed E-state index contributed by atoms with van der Waals surface area (Å²) < 4.78 is 32.5. The molecule has 0 aliphatic carbocycles. The fourth-order valence-corrected chi connectivity index (χ4v) is 2.19. The third-order valence-electron chi connectivity index (χ3n) is 2.61. The van der Waals surface area contributed by atoms with E-state index in [0.717, 1.165) is 12.1 Å². The molecule has 0 heterocycles. The van der Waals surface area contributed by atoms with Crippen LogP contribution >= 0.6 is 15.9 Å². The molecule has 2 rings (SSSR count). The largest absolute Gasteiger partial charge is 0.497 e. The zero-order chi connectivity index (χ0) is 14.0. The Bertz CT molecular complexity index is 621. The monoisotopic (exact) mass is 326 g/mol. The van der Waals surface area contributed by atoms with E-state index in [1.165, 1.54) is 19.2 Å². The maximum Gasteiger partial charge on any atom is 0.200 e. The van der Waals surface area contributed by atoms with Gasteiger partial charge in [0.1, 0.15) is 17.4 Å². The van der Waals surface area contributed by atoms with Crippen LogP contribution in [0.15, 0.2) is 40.9 Å². The van der Waals surface area contributed by atoms with Gasteiger partial charge in [-0.15, -0.1) is 0 Å². The second-order valence-corrected chi connectivity index (χ2v) is 4.63. The second kappa shape index (κ2) is 5.48. The Morgan fingerprint density at radius 1 is 1.16 bits per heavy atom. The van der Waals surface area contributed by atoms with E-state index in [1.807, 2.05) is 0 Å². The van der Waals surface area contributed by atoms with Crippen LogP contribution in [0.2, 0.25) is 0 Å². The molecule has 0 saturated carbocycles. The van der Waals surface area contributed by atoms with Crippen molar-refractivity contribution in [3.05, 3.63) is 63.6 Å². The summed E-state index contributed by atoms with van der Waals surface area (Å²) in [6, 6.07) is 7.88. The van der Waals surface area contributed by atoms with Crippen LogP contribution in [0, 0.1) is 11.6 Å². The summed E-state index contributed by atoms with van der Waals surface area (Å²) in [5.41, 5.74) is -0.391. The molecule has 19 heavy (non-hydrogen) atoms. The quantitative estimate of drug-likeness (QED) is 0.798. The van der Waals surface area contributed by atoms with Gasteiger partial charge in [-0.2, -0.15) is 0 Å². The van der Waals surface area contributed by atoms with Gasteiger partial charge in [-0.05, 0) is 46.3 Å². The summed E-state index contributed by atoms with van der Waals surface area (Å²) in [5, 5.41) is 0. The van der Waals surface area contributed by atoms with E-state index in [2.05, 4.69) is 15.9 Å². The molecule has 0 radical (unpaired) electrons. The van der Waals surface area contributed by atoms with Crippen LogP contribution in [-0.2, 0) is 0 Å². The Labute approximate surface area is 117 Å². The summed E-state index contributed by atoms with van der Waals surface area (Å²) in [5.74, 6) is -1.94. The Kier molecular flexibility index (Phi) is 3.95. The van der Waals surface area contributed by atoms with Gasteiger partial charge in [0, 0.05) is 10.0 Å². The minimum atomic E-state index is -0.882. The highest BCUT2D eigenvalue weighted by atomic mass is 79.9. The SMILES string of the molecule is COc1ccc(C(=O)c2c(F)cccc2F)c(Br)c1. The van der Waals surface area contributed by atoms with Gasteiger partial charge < -0.3 is 4.74 Å². The lowest BCUT2D eigenvalue weighted by atomic mass is 10.0. The Morgan fingerprint density at radius 3 is 2.32 bits per heavy atom. The van der Waals surface area contributed by atoms with Crippen LogP contribution < -0.4 is 4.74 Å². The number of carbonyl (C=O) groups is 1. The number of methoxy groups -OCH3 is 1. The topological polar surface area (TPSA) is 26.3 Å². The van der Waals surface area contributed by atoms with Gasteiger partial charge in [-0.3, -0.25) is 4.79 Å². The van der Waals surface area contributed by atoms with Crippen LogP contribution in [0.3, 0.4) is 0 Å². The van der Waals surface area contributed by atoms with Gasteiger partial charge in [0.2, 0.25) is 0 Å². The highest BCUT2D eigenvalue weighted by Crippen LogP contribution is 2.26. The molecule has 0 amide bonds. The summed E-state index contributed by atoms with van der Waals surface area (Å²) in [6.45, 7) is 0. The lowest BCUT2D eigenvalue weighted by Crippen LogP contribution is -2.08. The average Bonchev–Trinajstić information content (AvgIpc) is 2.38. The number of ketones is 1. The predicted molar refractivity (Wildman–Crippen MR) is 70.5 cm³/mol. The Balaban J connectivity index is 2.51. The first-order chi connectivity index (χ1) is 9.04. The van der Waals surface area contributed by atoms with E-state index >= 15 is 0 Å². The molecule has 0 saturated heterocycles. The van der Waals surface area contributed by atoms with Crippen molar-refractivity contribution in [1.82, 2.24) is 0 Å². The van der Waals surface area contributed by atoms with Gasteiger partial charge in [-0.25, -0.2) is 8.78 Å². The highest BCUT2D eigenvalue weighted by molar-refractivity contribution is 9.10. The number of halogens is 3. The fourth-order valence-electron chi connectivity index (χ4n) is 1.66. The van der Waals surface area contributed by atoms with Crippen molar-refractivity contribution < 1.29 is 18.3 Å². The smallest absolute Gasteiger partial charge is 0.200 e. The Hall–Kier alpha value is -1.75. The van der Waals surface area contributed by atoms with Gasteiger partial charge in [0.15, 0.2) is 5.78 Å². The lowest BCUT2D eigenvalue weighted by molar-refractivity contribution is 0.103. The highest BCUT2D eigenvalue weighted by Gasteiger charge is 2.20. The molecule has 2 nitrogen and oxygen atoms in total. The van der Waals surface area contributed by atoms with Crippen molar-refractivity contribution in [3.63, 3.8) is 0 Å². The fraction of sp³-hybridized carbons (Fsp3) is 0.0714. The number of rotatable bonds is 3. The van der Waals surface area contributed by atoms with E-state index < -0.39 is 23.0 Å². The summed E-state index contributed by atoms with van der Waals surface area (Å²) in [6.07, 6.45) is 0. The van der Waals surface area contributed by atoms with E-state index in [4.69, 9.17) is 4.74 Å². The summed E-state index contributed by atoms with van der Waals surface area (Å²) >= 11 is 3.19. The summed E-state index contributed by atoms with van der Waals surface area (Å²) in [7, 11) is 1.49. The molecule has 2 aromatic rings. The van der Waals surface area contributed by atoms with E-state index in [-0.39, 0.29) is 5.56 Å². The van der Waals surface area contributed by atoms with Crippen molar-refractivity contribution in [3.8, 4) is 5.75 Å². The minimum absolute atomic E-state index is 0.171. The van der Waals surface area contributed by atoms with Crippen molar-refractivity contribution in [2.24, 2.45) is 0 Å². The zero-order valence-corrected chi connectivity index (χ0v) is 11.5. The third-order valence-corrected chi connectivity index (χ3v) is 3.27. The van der Waals surface area contributed by atoms with Crippen molar-refractivity contribution in [2.45, 2.75) is 0 Å². The molecule has 0 atom stereocenters. The van der Waals surface area contributed by atoms with Gasteiger partial charge in [0.05, 0.1) is 12.7 Å². The molecule has 0 spiro atoms. The van der Waals surface area contributed by atoms with Gasteiger partial charge >= 0.3 is 0 Å². The maximum atomic E-state index is 13.6. The Morgan fingerprint density at radius 2 is 1.79 bits per heavy atom. The average molecular weight is 327 g/mol. The minimum Gasteiger partial charge on any atom is -0.497 e. The maximum absolute atomic E-state index is 13.6. The molecule has 0 N–H and O–H groups in total.